The molecule has 0 spiro atoms. The maximum absolute atomic E-state index is 11.7. The zero-order valence-electron chi connectivity index (χ0n) is 10.5. The molecular formula is C13H24N2O2. The molecule has 1 amide bonds. The van der Waals surface area contributed by atoms with E-state index in [4.69, 9.17) is 4.74 Å². The molecule has 4 heteroatoms. The Bertz CT molecular complexity index is 234. The number of carbonyl (C=O) groups is 1. The van der Waals surface area contributed by atoms with Crippen molar-refractivity contribution in [3.8, 4) is 0 Å². The lowest BCUT2D eigenvalue weighted by Crippen LogP contribution is -2.32. The minimum atomic E-state index is 0.225. The van der Waals surface area contributed by atoms with Crippen LogP contribution in [0.1, 0.15) is 32.1 Å². The summed E-state index contributed by atoms with van der Waals surface area (Å²) < 4.78 is 5.30. The van der Waals surface area contributed by atoms with E-state index in [9.17, 15) is 4.79 Å². The number of ether oxygens (including phenoxy) is 1. The van der Waals surface area contributed by atoms with Gasteiger partial charge < -0.3 is 15.4 Å². The minimum Gasteiger partial charge on any atom is -0.381 e. The third kappa shape index (κ3) is 4.64. The molecule has 0 aromatic heterocycles. The zero-order valence-corrected chi connectivity index (χ0v) is 10.5. The number of amides is 1. The van der Waals surface area contributed by atoms with Gasteiger partial charge >= 0.3 is 0 Å². The van der Waals surface area contributed by atoms with Crippen molar-refractivity contribution in [1.29, 1.82) is 0 Å². The summed E-state index contributed by atoms with van der Waals surface area (Å²) >= 11 is 0. The van der Waals surface area contributed by atoms with Gasteiger partial charge in [-0.3, -0.25) is 4.79 Å². The van der Waals surface area contributed by atoms with E-state index in [0.29, 0.717) is 18.3 Å². The maximum Gasteiger partial charge on any atom is 0.220 e. The molecule has 0 saturated carbocycles. The summed E-state index contributed by atoms with van der Waals surface area (Å²) in [4.78, 5) is 11.7. The van der Waals surface area contributed by atoms with Crippen LogP contribution in [0, 0.1) is 11.8 Å². The van der Waals surface area contributed by atoms with Gasteiger partial charge in [-0.05, 0) is 50.6 Å². The third-order valence-corrected chi connectivity index (χ3v) is 3.87. The topological polar surface area (TPSA) is 50.4 Å². The highest BCUT2D eigenvalue weighted by Crippen LogP contribution is 2.15. The van der Waals surface area contributed by atoms with Crippen LogP contribution in [0.5, 0.6) is 0 Å². The van der Waals surface area contributed by atoms with Crippen molar-refractivity contribution < 1.29 is 9.53 Å². The van der Waals surface area contributed by atoms with Crippen LogP contribution in [0.15, 0.2) is 0 Å². The monoisotopic (exact) mass is 240 g/mol. The predicted molar refractivity (Wildman–Crippen MR) is 66.8 cm³/mol. The fraction of sp³-hybridized carbons (Fsp3) is 0.923. The molecule has 17 heavy (non-hydrogen) atoms. The first-order chi connectivity index (χ1) is 8.34. The van der Waals surface area contributed by atoms with E-state index >= 15 is 0 Å². The van der Waals surface area contributed by atoms with Crippen molar-refractivity contribution in [2.75, 3.05) is 32.8 Å². The van der Waals surface area contributed by atoms with E-state index in [1.807, 2.05) is 0 Å². The average Bonchev–Trinajstić information content (AvgIpc) is 2.88. The molecule has 2 fully saturated rings. The molecule has 2 aliphatic rings. The third-order valence-electron chi connectivity index (χ3n) is 3.87. The van der Waals surface area contributed by atoms with Crippen LogP contribution in [-0.2, 0) is 9.53 Å². The van der Waals surface area contributed by atoms with Crippen LogP contribution < -0.4 is 10.6 Å². The Morgan fingerprint density at radius 1 is 1.24 bits per heavy atom. The SMILES string of the molecule is O=C(CCC1CCNC1)NCC1CCOCC1. The Hall–Kier alpha value is -0.610. The van der Waals surface area contributed by atoms with Crippen molar-refractivity contribution in [3.63, 3.8) is 0 Å². The minimum absolute atomic E-state index is 0.225. The molecule has 1 atom stereocenters. The Labute approximate surface area is 103 Å². The lowest BCUT2D eigenvalue weighted by Gasteiger charge is -2.22. The van der Waals surface area contributed by atoms with Gasteiger partial charge in [0.2, 0.25) is 5.91 Å². The van der Waals surface area contributed by atoms with Crippen LogP contribution in [0.4, 0.5) is 0 Å². The molecule has 4 nitrogen and oxygen atoms in total. The predicted octanol–water partition coefficient (Wildman–Crippen LogP) is 0.919. The summed E-state index contributed by atoms with van der Waals surface area (Å²) in [5.41, 5.74) is 0. The number of nitrogens with one attached hydrogen (secondary N) is 2. The van der Waals surface area contributed by atoms with Gasteiger partial charge in [-0.1, -0.05) is 0 Å². The Kier molecular flexibility index (Phi) is 5.26. The highest BCUT2D eigenvalue weighted by atomic mass is 16.5. The molecule has 0 aliphatic carbocycles. The first-order valence-corrected chi connectivity index (χ1v) is 6.90. The summed E-state index contributed by atoms with van der Waals surface area (Å²) in [6, 6.07) is 0. The normalized spacial score (nSPS) is 26.0. The second-order valence-electron chi connectivity index (χ2n) is 5.26. The molecule has 2 saturated heterocycles. The quantitative estimate of drug-likeness (QED) is 0.751. The van der Waals surface area contributed by atoms with Gasteiger partial charge in [-0.2, -0.15) is 0 Å². The lowest BCUT2D eigenvalue weighted by atomic mass is 10.00. The summed E-state index contributed by atoms with van der Waals surface area (Å²) in [7, 11) is 0. The number of rotatable bonds is 5. The van der Waals surface area contributed by atoms with Gasteiger partial charge in [0.15, 0.2) is 0 Å². The highest BCUT2D eigenvalue weighted by Gasteiger charge is 2.17. The van der Waals surface area contributed by atoms with Gasteiger partial charge in [0, 0.05) is 26.2 Å². The fourth-order valence-corrected chi connectivity index (χ4v) is 2.59. The molecule has 1 unspecified atom stereocenters. The van der Waals surface area contributed by atoms with Gasteiger partial charge in [0.25, 0.3) is 0 Å². The van der Waals surface area contributed by atoms with Gasteiger partial charge in [0.1, 0.15) is 0 Å². The van der Waals surface area contributed by atoms with Crippen molar-refractivity contribution in [3.05, 3.63) is 0 Å². The molecule has 0 aromatic carbocycles. The molecule has 0 bridgehead atoms. The van der Waals surface area contributed by atoms with Gasteiger partial charge in [-0.15, -0.1) is 0 Å². The summed E-state index contributed by atoms with van der Waals surface area (Å²) in [5, 5.41) is 6.40. The van der Waals surface area contributed by atoms with Crippen LogP contribution in [0.25, 0.3) is 0 Å². The van der Waals surface area contributed by atoms with Crippen LogP contribution >= 0.6 is 0 Å². The zero-order chi connectivity index (χ0) is 11.9. The standard InChI is InChI=1S/C13H24N2O2/c16-13(2-1-11-3-6-14-9-11)15-10-12-4-7-17-8-5-12/h11-12,14H,1-10H2,(H,15,16). The smallest absolute Gasteiger partial charge is 0.220 e. The molecule has 2 N–H and O–H groups in total. The molecule has 2 aliphatic heterocycles. The summed E-state index contributed by atoms with van der Waals surface area (Å²) in [6.45, 7) is 4.76. The largest absolute Gasteiger partial charge is 0.381 e. The number of hydrogen-bond donors (Lipinski definition) is 2. The van der Waals surface area contributed by atoms with Crippen molar-refractivity contribution >= 4 is 5.91 Å². The van der Waals surface area contributed by atoms with Gasteiger partial charge in [0.05, 0.1) is 0 Å². The van der Waals surface area contributed by atoms with Crippen molar-refractivity contribution in [2.24, 2.45) is 11.8 Å². The number of carbonyl (C=O) groups excluding carboxylic acids is 1. The second kappa shape index (κ2) is 6.97. The highest BCUT2D eigenvalue weighted by molar-refractivity contribution is 5.75. The van der Waals surface area contributed by atoms with Crippen molar-refractivity contribution in [2.45, 2.75) is 32.1 Å². The molecule has 98 valence electrons. The Morgan fingerprint density at radius 2 is 2.06 bits per heavy atom. The van der Waals surface area contributed by atoms with Gasteiger partial charge in [-0.25, -0.2) is 0 Å². The summed E-state index contributed by atoms with van der Waals surface area (Å²) in [6.07, 6.45) is 5.13. The van der Waals surface area contributed by atoms with E-state index in [-0.39, 0.29) is 5.91 Å². The molecule has 2 heterocycles. The maximum atomic E-state index is 11.7. The van der Waals surface area contributed by atoms with E-state index in [2.05, 4.69) is 10.6 Å². The van der Waals surface area contributed by atoms with Crippen LogP contribution in [0.2, 0.25) is 0 Å². The van der Waals surface area contributed by atoms with E-state index in [1.165, 1.54) is 6.42 Å². The van der Waals surface area contributed by atoms with Crippen LogP contribution in [0.3, 0.4) is 0 Å². The fourth-order valence-electron chi connectivity index (χ4n) is 2.59. The molecule has 0 aromatic rings. The van der Waals surface area contributed by atoms with E-state index < -0.39 is 0 Å². The lowest BCUT2D eigenvalue weighted by molar-refractivity contribution is -0.121. The van der Waals surface area contributed by atoms with E-state index in [1.54, 1.807) is 0 Å². The first kappa shape index (κ1) is 12.8. The summed E-state index contributed by atoms with van der Waals surface area (Å²) in [5.74, 6) is 1.56. The van der Waals surface area contributed by atoms with Crippen molar-refractivity contribution in [1.82, 2.24) is 10.6 Å². The van der Waals surface area contributed by atoms with E-state index in [0.717, 1.165) is 52.1 Å². The first-order valence-electron chi connectivity index (χ1n) is 6.90. The van der Waals surface area contributed by atoms with Crippen LogP contribution in [-0.4, -0.2) is 38.8 Å². The molecular weight excluding hydrogens is 216 g/mol. The average molecular weight is 240 g/mol. The Morgan fingerprint density at radius 3 is 2.76 bits per heavy atom. The molecule has 2 rings (SSSR count). The Balaban J connectivity index is 1.53. The number of hydrogen-bond acceptors (Lipinski definition) is 3. The second-order valence-corrected chi connectivity index (χ2v) is 5.26. The molecule has 0 radical (unpaired) electrons.